The molecule has 1 aliphatic rings. The van der Waals surface area contributed by atoms with Gasteiger partial charge in [0.1, 0.15) is 0 Å². The lowest BCUT2D eigenvalue weighted by Crippen LogP contribution is -2.38. The van der Waals surface area contributed by atoms with E-state index in [0.29, 0.717) is 5.92 Å². The molecule has 1 saturated heterocycles. The van der Waals surface area contributed by atoms with Gasteiger partial charge in [-0.15, -0.1) is 0 Å². The Kier molecular flexibility index (Phi) is 3.96. The van der Waals surface area contributed by atoms with Crippen molar-refractivity contribution in [1.29, 1.82) is 0 Å². The van der Waals surface area contributed by atoms with E-state index < -0.39 is 0 Å². The second-order valence-corrected chi connectivity index (χ2v) is 5.13. The average Bonchev–Trinajstić information content (AvgIpc) is 2.74. The molecule has 16 heavy (non-hydrogen) atoms. The molecule has 1 fully saturated rings. The van der Waals surface area contributed by atoms with Gasteiger partial charge in [-0.05, 0) is 49.7 Å². The molecule has 1 amide bonds. The third-order valence-corrected chi connectivity index (χ3v) is 3.91. The molecule has 2 rings (SSSR count). The Morgan fingerprint density at radius 1 is 1.62 bits per heavy atom. The van der Waals surface area contributed by atoms with Gasteiger partial charge in [-0.3, -0.25) is 4.79 Å². The molecular formula is C12H18N2OS. The smallest absolute Gasteiger partial charge is 0.252 e. The number of carbonyl (C=O) groups is 1. The Hall–Kier alpha value is -0.870. The molecule has 0 saturated carbocycles. The van der Waals surface area contributed by atoms with Crippen LogP contribution in [0.3, 0.4) is 0 Å². The Morgan fingerprint density at radius 2 is 2.50 bits per heavy atom. The van der Waals surface area contributed by atoms with E-state index in [9.17, 15) is 4.79 Å². The Morgan fingerprint density at radius 3 is 3.12 bits per heavy atom. The summed E-state index contributed by atoms with van der Waals surface area (Å²) >= 11 is 1.58. The van der Waals surface area contributed by atoms with Gasteiger partial charge in [0.15, 0.2) is 0 Å². The van der Waals surface area contributed by atoms with Crippen molar-refractivity contribution < 1.29 is 4.79 Å². The second-order valence-electron chi connectivity index (χ2n) is 4.39. The van der Waals surface area contributed by atoms with E-state index in [-0.39, 0.29) is 5.91 Å². The molecule has 0 aliphatic carbocycles. The third kappa shape index (κ3) is 2.83. The number of rotatable bonds is 3. The van der Waals surface area contributed by atoms with Gasteiger partial charge in [-0.1, -0.05) is 0 Å². The molecule has 1 atom stereocenters. The van der Waals surface area contributed by atoms with E-state index in [1.54, 1.807) is 11.3 Å². The van der Waals surface area contributed by atoms with Crippen LogP contribution in [0.25, 0.3) is 0 Å². The quantitative estimate of drug-likeness (QED) is 0.843. The lowest BCUT2D eigenvalue weighted by atomic mass is 9.99. The monoisotopic (exact) mass is 238 g/mol. The highest BCUT2D eigenvalue weighted by Gasteiger charge is 2.15. The third-order valence-electron chi connectivity index (χ3n) is 3.05. The van der Waals surface area contributed by atoms with E-state index in [1.807, 2.05) is 17.7 Å². The molecular weight excluding hydrogens is 220 g/mol. The van der Waals surface area contributed by atoms with Gasteiger partial charge in [0, 0.05) is 11.9 Å². The maximum atomic E-state index is 11.8. The zero-order chi connectivity index (χ0) is 11.4. The lowest BCUT2D eigenvalue weighted by Gasteiger charge is -2.22. The summed E-state index contributed by atoms with van der Waals surface area (Å²) in [7, 11) is 0. The number of amides is 1. The summed E-state index contributed by atoms with van der Waals surface area (Å²) in [5.41, 5.74) is 1.90. The van der Waals surface area contributed by atoms with Crippen LogP contribution >= 0.6 is 11.3 Å². The summed E-state index contributed by atoms with van der Waals surface area (Å²) in [5, 5.41) is 10.3. The van der Waals surface area contributed by atoms with Gasteiger partial charge in [0.05, 0.1) is 5.56 Å². The fourth-order valence-corrected chi connectivity index (χ4v) is 2.85. The van der Waals surface area contributed by atoms with Crippen LogP contribution in [0.5, 0.6) is 0 Å². The van der Waals surface area contributed by atoms with Crippen LogP contribution in [0, 0.1) is 12.8 Å². The maximum Gasteiger partial charge on any atom is 0.252 e. The van der Waals surface area contributed by atoms with Crippen molar-refractivity contribution in [3.63, 3.8) is 0 Å². The minimum absolute atomic E-state index is 0.0734. The fraction of sp³-hybridized carbons (Fsp3) is 0.583. The van der Waals surface area contributed by atoms with Gasteiger partial charge < -0.3 is 10.6 Å². The first-order valence-electron chi connectivity index (χ1n) is 5.79. The number of hydrogen-bond acceptors (Lipinski definition) is 3. The van der Waals surface area contributed by atoms with E-state index in [1.165, 1.54) is 12.8 Å². The van der Waals surface area contributed by atoms with Crippen molar-refractivity contribution in [2.45, 2.75) is 19.8 Å². The molecule has 0 bridgehead atoms. The summed E-state index contributed by atoms with van der Waals surface area (Å²) in [5.74, 6) is 0.668. The highest BCUT2D eigenvalue weighted by atomic mass is 32.1. The zero-order valence-electron chi connectivity index (χ0n) is 9.58. The molecule has 1 unspecified atom stereocenters. The Labute approximate surface area is 100 Å². The summed E-state index contributed by atoms with van der Waals surface area (Å²) in [6.07, 6.45) is 2.44. The van der Waals surface area contributed by atoms with Crippen LogP contribution in [0.4, 0.5) is 0 Å². The molecule has 88 valence electrons. The number of carbonyl (C=O) groups excluding carboxylic acids is 1. The van der Waals surface area contributed by atoms with Crippen LogP contribution in [0.2, 0.25) is 0 Å². The average molecular weight is 238 g/mol. The first kappa shape index (κ1) is 11.6. The first-order chi connectivity index (χ1) is 7.77. The zero-order valence-corrected chi connectivity index (χ0v) is 10.4. The van der Waals surface area contributed by atoms with Gasteiger partial charge in [0.25, 0.3) is 5.91 Å². The molecule has 1 aliphatic heterocycles. The van der Waals surface area contributed by atoms with Gasteiger partial charge in [-0.2, -0.15) is 11.3 Å². The van der Waals surface area contributed by atoms with Gasteiger partial charge >= 0.3 is 0 Å². The van der Waals surface area contributed by atoms with Crippen LogP contribution in [-0.2, 0) is 0 Å². The number of hydrogen-bond donors (Lipinski definition) is 2. The molecule has 4 heteroatoms. The van der Waals surface area contributed by atoms with Crippen molar-refractivity contribution in [1.82, 2.24) is 10.6 Å². The first-order valence-corrected chi connectivity index (χ1v) is 6.73. The van der Waals surface area contributed by atoms with E-state index in [2.05, 4.69) is 10.6 Å². The number of piperidine rings is 1. The van der Waals surface area contributed by atoms with Crippen molar-refractivity contribution in [3.05, 3.63) is 21.9 Å². The highest BCUT2D eigenvalue weighted by molar-refractivity contribution is 7.08. The van der Waals surface area contributed by atoms with Crippen LogP contribution < -0.4 is 10.6 Å². The van der Waals surface area contributed by atoms with Crippen molar-refractivity contribution in [2.24, 2.45) is 5.92 Å². The molecule has 1 aromatic heterocycles. The normalized spacial score (nSPS) is 20.7. The van der Waals surface area contributed by atoms with Crippen molar-refractivity contribution in [2.75, 3.05) is 19.6 Å². The lowest BCUT2D eigenvalue weighted by molar-refractivity contribution is 0.0944. The molecule has 2 heterocycles. The van der Waals surface area contributed by atoms with Crippen LogP contribution in [-0.4, -0.2) is 25.5 Å². The molecule has 0 radical (unpaired) electrons. The number of thiophene rings is 1. The van der Waals surface area contributed by atoms with E-state index in [0.717, 1.165) is 30.8 Å². The SMILES string of the molecule is Cc1cscc1C(=O)NCC1CCCNC1. The van der Waals surface area contributed by atoms with Crippen molar-refractivity contribution in [3.8, 4) is 0 Å². The number of nitrogens with one attached hydrogen (secondary N) is 2. The summed E-state index contributed by atoms with van der Waals surface area (Å²) in [6, 6.07) is 0. The maximum absolute atomic E-state index is 11.8. The van der Waals surface area contributed by atoms with Crippen LogP contribution in [0.15, 0.2) is 10.8 Å². The van der Waals surface area contributed by atoms with Crippen molar-refractivity contribution >= 4 is 17.2 Å². The molecule has 3 nitrogen and oxygen atoms in total. The summed E-state index contributed by atoms with van der Waals surface area (Å²) in [4.78, 5) is 11.8. The predicted molar refractivity (Wildman–Crippen MR) is 67.0 cm³/mol. The Bertz CT molecular complexity index is 356. The molecule has 1 aromatic rings. The Balaban J connectivity index is 1.81. The largest absolute Gasteiger partial charge is 0.352 e. The standard InChI is InChI=1S/C12H18N2OS/c1-9-7-16-8-11(9)12(15)14-6-10-3-2-4-13-5-10/h7-8,10,13H,2-6H2,1H3,(H,14,15). The molecule has 0 spiro atoms. The molecule has 0 aromatic carbocycles. The van der Waals surface area contributed by atoms with Gasteiger partial charge in [-0.25, -0.2) is 0 Å². The second kappa shape index (κ2) is 5.46. The molecule has 2 N–H and O–H groups in total. The fourth-order valence-electron chi connectivity index (χ4n) is 2.02. The highest BCUT2D eigenvalue weighted by Crippen LogP contribution is 2.14. The summed E-state index contributed by atoms with van der Waals surface area (Å²) in [6.45, 7) is 4.92. The van der Waals surface area contributed by atoms with E-state index >= 15 is 0 Å². The minimum Gasteiger partial charge on any atom is -0.352 e. The topological polar surface area (TPSA) is 41.1 Å². The predicted octanol–water partition coefficient (Wildman–Crippen LogP) is 1.79. The number of aryl methyl sites for hydroxylation is 1. The summed E-state index contributed by atoms with van der Waals surface area (Å²) < 4.78 is 0. The minimum atomic E-state index is 0.0734. The van der Waals surface area contributed by atoms with E-state index in [4.69, 9.17) is 0 Å². The van der Waals surface area contributed by atoms with Gasteiger partial charge in [0.2, 0.25) is 0 Å². The van der Waals surface area contributed by atoms with Crippen LogP contribution in [0.1, 0.15) is 28.8 Å².